The fraction of sp³-hybridized carbons (Fsp3) is 0.231. The number of ether oxygens (including phenoxy) is 1. The van der Waals surface area contributed by atoms with E-state index in [4.69, 9.17) is 5.26 Å². The number of nitriles is 1. The number of hydrogen-bond acceptors (Lipinski definition) is 7. The average molecular weight is 542 g/mol. The summed E-state index contributed by atoms with van der Waals surface area (Å²) in [6, 6.07) is 13.5. The molecule has 0 aliphatic rings. The molecule has 202 valence electrons. The van der Waals surface area contributed by atoms with Crippen molar-refractivity contribution in [3.8, 4) is 23.2 Å². The number of nitrogens with one attached hydrogen (secondary N) is 2. The van der Waals surface area contributed by atoms with Crippen LogP contribution in [0.5, 0.6) is 5.75 Å². The summed E-state index contributed by atoms with van der Waals surface area (Å²) in [5.74, 6) is -1.21. The fourth-order valence-electron chi connectivity index (χ4n) is 3.59. The Hall–Kier alpha value is -4.70. The first kappa shape index (κ1) is 27.3. The first-order valence-corrected chi connectivity index (χ1v) is 11.5. The van der Waals surface area contributed by atoms with Gasteiger partial charge in [0.1, 0.15) is 18.0 Å². The van der Waals surface area contributed by atoms with E-state index in [9.17, 15) is 27.5 Å². The molecule has 0 unspecified atom stereocenters. The molecule has 4 aromatic rings. The van der Waals surface area contributed by atoms with Gasteiger partial charge in [0, 0.05) is 18.0 Å². The zero-order chi connectivity index (χ0) is 28.4. The Morgan fingerprint density at radius 2 is 1.95 bits per heavy atom. The summed E-state index contributed by atoms with van der Waals surface area (Å²) in [5, 5.41) is 28.5. The third-order valence-corrected chi connectivity index (χ3v) is 5.60. The highest BCUT2D eigenvalue weighted by Gasteiger charge is 2.31. The lowest BCUT2D eigenvalue weighted by Gasteiger charge is -2.22. The van der Waals surface area contributed by atoms with Gasteiger partial charge in [-0.25, -0.2) is 8.91 Å². The fourth-order valence-corrected chi connectivity index (χ4v) is 3.59. The number of anilines is 2. The maximum absolute atomic E-state index is 14.2. The van der Waals surface area contributed by atoms with E-state index in [1.54, 1.807) is 18.2 Å². The van der Waals surface area contributed by atoms with Crippen LogP contribution in [0.1, 0.15) is 29.8 Å². The summed E-state index contributed by atoms with van der Waals surface area (Å²) < 4.78 is 57.9. The summed E-state index contributed by atoms with van der Waals surface area (Å²) in [5.41, 5.74) is 0.392. The maximum atomic E-state index is 14.2. The summed E-state index contributed by atoms with van der Waals surface area (Å²) in [4.78, 5) is 17.3. The van der Waals surface area contributed by atoms with E-state index in [2.05, 4.69) is 25.5 Å². The smallest absolute Gasteiger partial charge is 0.406 e. The summed E-state index contributed by atoms with van der Waals surface area (Å²) in [6.45, 7) is 2.03. The predicted octanol–water partition coefficient (Wildman–Crippen LogP) is 4.75. The number of alkyl halides is 4. The number of benzene rings is 1. The van der Waals surface area contributed by atoms with E-state index in [1.807, 2.05) is 6.07 Å². The highest BCUT2D eigenvalue weighted by Crippen LogP contribution is 2.30. The van der Waals surface area contributed by atoms with Crippen LogP contribution in [0.15, 0.2) is 60.9 Å². The van der Waals surface area contributed by atoms with Crippen LogP contribution < -0.4 is 15.4 Å². The molecule has 0 aliphatic carbocycles. The standard InChI is InChI=1S/C26H22F4N6O3/c1-25(2,38)23(27)14-33-24(37)19-13-32-21(22-7-6-17-8-15(11-31)12-34-36(17)22)10-20(19)35-16-4-3-5-18(9-16)39-26(28,29)30/h3-10,12-13,23,38H,14H2,1-2H3,(H,32,35)(H,33,37)/t23-/m1/s1. The number of pyridine rings is 1. The lowest BCUT2D eigenvalue weighted by Crippen LogP contribution is -2.42. The number of carbonyl (C=O) groups excluding carboxylic acids is 1. The van der Waals surface area contributed by atoms with Crippen LogP contribution in [-0.2, 0) is 0 Å². The minimum atomic E-state index is -4.90. The molecule has 1 aromatic carbocycles. The van der Waals surface area contributed by atoms with E-state index in [1.165, 1.54) is 49.0 Å². The van der Waals surface area contributed by atoms with Gasteiger partial charge < -0.3 is 20.5 Å². The van der Waals surface area contributed by atoms with Gasteiger partial charge in [-0.2, -0.15) is 10.4 Å². The number of halogens is 4. The molecule has 0 bridgehead atoms. The van der Waals surface area contributed by atoms with Gasteiger partial charge in [0.25, 0.3) is 5.91 Å². The van der Waals surface area contributed by atoms with Crippen molar-refractivity contribution < 1.29 is 32.2 Å². The Morgan fingerprint density at radius 3 is 2.64 bits per heavy atom. The maximum Gasteiger partial charge on any atom is 0.573 e. The van der Waals surface area contributed by atoms with Gasteiger partial charge in [-0.15, -0.1) is 13.2 Å². The molecule has 4 rings (SSSR count). The quantitative estimate of drug-likeness (QED) is 0.275. The van der Waals surface area contributed by atoms with Gasteiger partial charge in [0.05, 0.1) is 52.1 Å². The highest BCUT2D eigenvalue weighted by molar-refractivity contribution is 6.00. The van der Waals surface area contributed by atoms with Crippen molar-refractivity contribution in [2.24, 2.45) is 0 Å². The van der Waals surface area contributed by atoms with Gasteiger partial charge in [-0.1, -0.05) is 6.07 Å². The van der Waals surface area contributed by atoms with Gasteiger partial charge in [-0.3, -0.25) is 9.78 Å². The second kappa shape index (κ2) is 10.6. The van der Waals surface area contributed by atoms with E-state index < -0.39 is 36.3 Å². The largest absolute Gasteiger partial charge is 0.573 e. The highest BCUT2D eigenvalue weighted by atomic mass is 19.4. The van der Waals surface area contributed by atoms with Crippen molar-refractivity contribution in [3.05, 3.63) is 72.1 Å². The summed E-state index contributed by atoms with van der Waals surface area (Å²) in [6.07, 6.45) is -4.06. The Labute approximate surface area is 219 Å². The van der Waals surface area contributed by atoms with Crippen LogP contribution in [0.4, 0.5) is 28.9 Å². The molecule has 1 atom stereocenters. The summed E-state index contributed by atoms with van der Waals surface area (Å²) in [7, 11) is 0. The normalized spacial score (nSPS) is 12.6. The Kier molecular flexibility index (Phi) is 7.42. The molecule has 0 aliphatic heterocycles. The Morgan fingerprint density at radius 1 is 1.18 bits per heavy atom. The monoisotopic (exact) mass is 542 g/mol. The van der Waals surface area contributed by atoms with Crippen molar-refractivity contribution in [2.45, 2.75) is 32.0 Å². The molecule has 39 heavy (non-hydrogen) atoms. The average Bonchev–Trinajstić information content (AvgIpc) is 3.29. The number of rotatable bonds is 8. The van der Waals surface area contributed by atoms with Crippen molar-refractivity contribution in [2.75, 3.05) is 11.9 Å². The molecule has 1 amide bonds. The van der Waals surface area contributed by atoms with Crippen molar-refractivity contribution in [3.63, 3.8) is 0 Å². The molecule has 0 fully saturated rings. The molecule has 3 heterocycles. The SMILES string of the molecule is CC(C)(O)[C@H](F)CNC(=O)c1cnc(-c2ccc3cc(C#N)cnn23)cc1Nc1cccc(OC(F)(F)F)c1. The lowest BCUT2D eigenvalue weighted by atomic mass is 10.0. The van der Waals surface area contributed by atoms with Crippen LogP contribution in [0.25, 0.3) is 16.9 Å². The number of carbonyl (C=O) groups is 1. The number of nitrogens with zero attached hydrogens (tertiary/aromatic N) is 4. The van der Waals surface area contributed by atoms with Crippen molar-refractivity contribution in [1.29, 1.82) is 5.26 Å². The molecule has 9 nitrogen and oxygen atoms in total. The first-order chi connectivity index (χ1) is 18.3. The van der Waals surface area contributed by atoms with Gasteiger partial charge in [0.2, 0.25) is 0 Å². The number of fused-ring (bicyclic) bond motifs is 1. The van der Waals surface area contributed by atoms with Gasteiger partial charge in [0.15, 0.2) is 0 Å². The molecule has 13 heteroatoms. The molecular weight excluding hydrogens is 520 g/mol. The van der Waals surface area contributed by atoms with Crippen LogP contribution in [0.3, 0.4) is 0 Å². The Balaban J connectivity index is 1.72. The van der Waals surface area contributed by atoms with E-state index in [0.717, 1.165) is 12.1 Å². The molecule has 3 N–H and O–H groups in total. The minimum Gasteiger partial charge on any atom is -0.406 e. The third-order valence-electron chi connectivity index (χ3n) is 5.60. The minimum absolute atomic E-state index is 0.0376. The predicted molar refractivity (Wildman–Crippen MR) is 133 cm³/mol. The topological polar surface area (TPSA) is 125 Å². The molecular formula is C26H22F4N6O3. The summed E-state index contributed by atoms with van der Waals surface area (Å²) >= 11 is 0. The number of amides is 1. The number of hydrogen-bond donors (Lipinski definition) is 3. The lowest BCUT2D eigenvalue weighted by molar-refractivity contribution is -0.274. The second-order valence-electron chi connectivity index (χ2n) is 9.06. The van der Waals surface area contributed by atoms with E-state index in [-0.39, 0.29) is 16.9 Å². The molecule has 3 aromatic heterocycles. The van der Waals surface area contributed by atoms with Gasteiger partial charge in [-0.05, 0) is 50.2 Å². The molecule has 0 saturated carbocycles. The number of aromatic nitrogens is 3. The van der Waals surface area contributed by atoms with E-state index in [0.29, 0.717) is 22.5 Å². The third kappa shape index (κ3) is 6.60. The van der Waals surface area contributed by atoms with Crippen LogP contribution in [-0.4, -0.2) is 50.3 Å². The first-order valence-electron chi connectivity index (χ1n) is 11.5. The molecule has 0 saturated heterocycles. The van der Waals surface area contributed by atoms with Crippen LogP contribution >= 0.6 is 0 Å². The zero-order valence-corrected chi connectivity index (χ0v) is 20.6. The van der Waals surface area contributed by atoms with E-state index >= 15 is 0 Å². The number of aliphatic hydroxyl groups is 1. The second-order valence-corrected chi connectivity index (χ2v) is 9.06. The molecule has 0 spiro atoms. The van der Waals surface area contributed by atoms with Crippen molar-refractivity contribution in [1.82, 2.24) is 19.9 Å². The van der Waals surface area contributed by atoms with Crippen LogP contribution in [0, 0.1) is 11.3 Å². The zero-order valence-electron chi connectivity index (χ0n) is 20.6. The molecule has 0 radical (unpaired) electrons. The van der Waals surface area contributed by atoms with Gasteiger partial charge >= 0.3 is 6.36 Å². The Bertz CT molecular complexity index is 1560. The van der Waals surface area contributed by atoms with Crippen molar-refractivity contribution >= 4 is 22.8 Å². The van der Waals surface area contributed by atoms with Crippen LogP contribution in [0.2, 0.25) is 0 Å².